The highest BCUT2D eigenvalue weighted by Gasteiger charge is 2.05. The Balaban J connectivity index is 2.21. The number of aryl methyl sites for hydroxylation is 1. The van der Waals surface area contributed by atoms with E-state index in [1.54, 1.807) is 0 Å². The van der Waals surface area contributed by atoms with Crippen LogP contribution in [0.1, 0.15) is 51.0 Å². The monoisotopic (exact) mass is 235 g/mol. The Bertz CT molecular complexity index is 312. The van der Waals surface area contributed by atoms with Crippen LogP contribution in [-0.4, -0.2) is 6.23 Å². The van der Waals surface area contributed by atoms with Crippen LogP contribution in [0.15, 0.2) is 24.3 Å². The molecule has 1 unspecified atom stereocenters. The summed E-state index contributed by atoms with van der Waals surface area (Å²) in [5, 5.41) is 0. The summed E-state index contributed by atoms with van der Waals surface area (Å²) >= 11 is 0. The minimum Gasteiger partial charge on any atom is -0.475 e. The predicted molar refractivity (Wildman–Crippen MR) is 73.2 cm³/mol. The molecule has 1 rings (SSSR count). The van der Waals surface area contributed by atoms with Crippen LogP contribution in [0.2, 0.25) is 0 Å². The van der Waals surface area contributed by atoms with Gasteiger partial charge in [-0.2, -0.15) is 0 Å². The summed E-state index contributed by atoms with van der Waals surface area (Å²) in [7, 11) is 0. The van der Waals surface area contributed by atoms with Crippen LogP contribution in [0, 0.1) is 6.92 Å². The van der Waals surface area contributed by atoms with E-state index in [4.69, 9.17) is 10.5 Å². The summed E-state index contributed by atoms with van der Waals surface area (Å²) in [5.41, 5.74) is 7.11. The Morgan fingerprint density at radius 1 is 1.12 bits per heavy atom. The molecule has 0 saturated heterocycles. The van der Waals surface area contributed by atoms with Crippen molar-refractivity contribution in [3.8, 4) is 5.75 Å². The normalized spacial score (nSPS) is 12.4. The van der Waals surface area contributed by atoms with Crippen LogP contribution in [0.4, 0.5) is 0 Å². The van der Waals surface area contributed by atoms with E-state index in [0.717, 1.165) is 24.2 Å². The SMILES string of the molecule is CCCCCCCC(N)Oc1ccccc1C. The van der Waals surface area contributed by atoms with Crippen LogP contribution in [0.25, 0.3) is 0 Å². The zero-order valence-electron chi connectivity index (χ0n) is 11.1. The van der Waals surface area contributed by atoms with Gasteiger partial charge in [-0.25, -0.2) is 0 Å². The van der Waals surface area contributed by atoms with Crippen molar-refractivity contribution in [2.75, 3.05) is 0 Å². The van der Waals surface area contributed by atoms with Gasteiger partial charge in [0, 0.05) is 0 Å². The van der Waals surface area contributed by atoms with Gasteiger partial charge >= 0.3 is 0 Å². The predicted octanol–water partition coefficient (Wildman–Crippen LogP) is 4.02. The van der Waals surface area contributed by atoms with Crippen LogP contribution in [0.3, 0.4) is 0 Å². The quantitative estimate of drug-likeness (QED) is 0.545. The molecule has 0 fully saturated rings. The van der Waals surface area contributed by atoms with E-state index in [1.165, 1.54) is 25.7 Å². The lowest BCUT2D eigenvalue weighted by Gasteiger charge is -2.16. The summed E-state index contributed by atoms with van der Waals surface area (Å²) in [6, 6.07) is 8.02. The van der Waals surface area contributed by atoms with Gasteiger partial charge in [-0.3, -0.25) is 5.73 Å². The summed E-state index contributed by atoms with van der Waals surface area (Å²) in [5.74, 6) is 0.911. The molecule has 2 heteroatoms. The minimum absolute atomic E-state index is 0.169. The fourth-order valence-electron chi connectivity index (χ4n) is 1.86. The number of para-hydroxylation sites is 1. The van der Waals surface area contributed by atoms with Crippen molar-refractivity contribution in [2.24, 2.45) is 5.73 Å². The van der Waals surface area contributed by atoms with E-state index in [2.05, 4.69) is 6.92 Å². The van der Waals surface area contributed by atoms with Crippen LogP contribution in [0.5, 0.6) is 5.75 Å². The highest BCUT2D eigenvalue weighted by Crippen LogP contribution is 2.18. The highest BCUT2D eigenvalue weighted by atomic mass is 16.5. The van der Waals surface area contributed by atoms with Crippen molar-refractivity contribution in [1.82, 2.24) is 0 Å². The Morgan fingerprint density at radius 3 is 2.53 bits per heavy atom. The molecule has 2 N–H and O–H groups in total. The third kappa shape index (κ3) is 5.73. The Labute approximate surface area is 105 Å². The van der Waals surface area contributed by atoms with Crippen molar-refractivity contribution in [1.29, 1.82) is 0 Å². The molecule has 96 valence electrons. The molecule has 1 aromatic rings. The lowest BCUT2D eigenvalue weighted by atomic mass is 10.1. The molecule has 17 heavy (non-hydrogen) atoms. The summed E-state index contributed by atoms with van der Waals surface area (Å²) in [6.07, 6.45) is 7.12. The molecule has 2 nitrogen and oxygen atoms in total. The van der Waals surface area contributed by atoms with E-state index in [9.17, 15) is 0 Å². The van der Waals surface area contributed by atoms with Gasteiger partial charge in [-0.15, -0.1) is 0 Å². The smallest absolute Gasteiger partial charge is 0.147 e. The fraction of sp³-hybridized carbons (Fsp3) is 0.600. The first-order valence-electron chi connectivity index (χ1n) is 6.72. The first-order chi connectivity index (χ1) is 8.24. The van der Waals surface area contributed by atoms with Gasteiger partial charge in [0.25, 0.3) is 0 Å². The number of hydrogen-bond donors (Lipinski definition) is 1. The lowest BCUT2D eigenvalue weighted by molar-refractivity contribution is 0.193. The molecule has 0 aliphatic carbocycles. The average molecular weight is 235 g/mol. The Kier molecular flexibility index (Phi) is 6.71. The molecule has 0 aliphatic heterocycles. The van der Waals surface area contributed by atoms with Crippen molar-refractivity contribution in [3.05, 3.63) is 29.8 Å². The number of unbranched alkanes of at least 4 members (excludes halogenated alkanes) is 4. The maximum atomic E-state index is 5.97. The Hall–Kier alpha value is -1.02. The van der Waals surface area contributed by atoms with Crippen molar-refractivity contribution < 1.29 is 4.74 Å². The summed E-state index contributed by atoms with van der Waals surface area (Å²) in [4.78, 5) is 0. The number of benzene rings is 1. The molecule has 1 aromatic carbocycles. The van der Waals surface area contributed by atoms with Crippen molar-refractivity contribution in [3.63, 3.8) is 0 Å². The van der Waals surface area contributed by atoms with Gasteiger partial charge in [-0.05, 0) is 31.4 Å². The van der Waals surface area contributed by atoms with E-state index in [1.807, 2.05) is 31.2 Å². The van der Waals surface area contributed by atoms with Crippen LogP contribution in [-0.2, 0) is 0 Å². The van der Waals surface area contributed by atoms with Gasteiger partial charge in [-0.1, -0.05) is 50.8 Å². The minimum atomic E-state index is -0.169. The second-order valence-corrected chi connectivity index (χ2v) is 4.62. The topological polar surface area (TPSA) is 35.2 Å². The van der Waals surface area contributed by atoms with E-state index < -0.39 is 0 Å². The molecule has 0 bridgehead atoms. The molecule has 0 heterocycles. The molecule has 0 saturated carbocycles. The molecule has 0 aliphatic rings. The lowest BCUT2D eigenvalue weighted by Crippen LogP contribution is -2.27. The molecule has 0 radical (unpaired) electrons. The number of ether oxygens (including phenoxy) is 1. The zero-order chi connectivity index (χ0) is 12.5. The first kappa shape index (κ1) is 14.0. The zero-order valence-corrected chi connectivity index (χ0v) is 11.1. The summed E-state index contributed by atoms with van der Waals surface area (Å²) in [6.45, 7) is 4.27. The van der Waals surface area contributed by atoms with Gasteiger partial charge in [0.2, 0.25) is 0 Å². The van der Waals surface area contributed by atoms with Crippen LogP contribution >= 0.6 is 0 Å². The molecular weight excluding hydrogens is 210 g/mol. The van der Waals surface area contributed by atoms with Crippen molar-refractivity contribution in [2.45, 2.75) is 58.6 Å². The van der Waals surface area contributed by atoms with Gasteiger partial charge in [0.1, 0.15) is 12.0 Å². The van der Waals surface area contributed by atoms with Gasteiger partial charge in [0.15, 0.2) is 0 Å². The van der Waals surface area contributed by atoms with Crippen LogP contribution < -0.4 is 10.5 Å². The maximum absolute atomic E-state index is 5.97. The standard InChI is InChI=1S/C15H25NO/c1-3-4-5-6-7-12-15(16)17-14-11-9-8-10-13(14)2/h8-11,15H,3-7,12,16H2,1-2H3. The molecule has 0 amide bonds. The third-order valence-corrected chi connectivity index (χ3v) is 2.96. The van der Waals surface area contributed by atoms with Gasteiger partial charge < -0.3 is 4.74 Å². The van der Waals surface area contributed by atoms with Crippen molar-refractivity contribution >= 4 is 0 Å². The molecule has 0 spiro atoms. The Morgan fingerprint density at radius 2 is 1.82 bits per heavy atom. The number of nitrogens with two attached hydrogens (primary N) is 1. The number of hydrogen-bond acceptors (Lipinski definition) is 2. The highest BCUT2D eigenvalue weighted by molar-refractivity contribution is 5.31. The number of rotatable bonds is 8. The van der Waals surface area contributed by atoms with E-state index in [-0.39, 0.29) is 6.23 Å². The first-order valence-corrected chi connectivity index (χ1v) is 6.72. The second kappa shape index (κ2) is 8.13. The van der Waals surface area contributed by atoms with E-state index >= 15 is 0 Å². The summed E-state index contributed by atoms with van der Waals surface area (Å²) < 4.78 is 5.73. The molecule has 0 aromatic heterocycles. The second-order valence-electron chi connectivity index (χ2n) is 4.62. The largest absolute Gasteiger partial charge is 0.475 e. The molecule has 1 atom stereocenters. The molecular formula is C15H25NO. The third-order valence-electron chi connectivity index (χ3n) is 2.96. The van der Waals surface area contributed by atoms with E-state index in [0.29, 0.717) is 0 Å². The van der Waals surface area contributed by atoms with Gasteiger partial charge in [0.05, 0.1) is 0 Å². The average Bonchev–Trinajstić information content (AvgIpc) is 2.32. The maximum Gasteiger partial charge on any atom is 0.147 e. The fourth-order valence-corrected chi connectivity index (χ4v) is 1.86.